The van der Waals surface area contributed by atoms with E-state index < -0.39 is 5.67 Å². The Labute approximate surface area is 162 Å². The summed E-state index contributed by atoms with van der Waals surface area (Å²) in [5.41, 5.74) is 0.511. The lowest BCUT2D eigenvalue weighted by molar-refractivity contribution is -0.152. The Morgan fingerprint density at radius 2 is 2.07 bits per heavy atom. The number of halogens is 1. The van der Waals surface area contributed by atoms with E-state index in [1.165, 1.54) is 11.3 Å². The van der Waals surface area contributed by atoms with Gasteiger partial charge in [0.2, 0.25) is 0 Å². The Hall–Kier alpha value is -1.54. The van der Waals surface area contributed by atoms with E-state index in [4.69, 9.17) is 4.74 Å². The van der Waals surface area contributed by atoms with E-state index in [1.807, 2.05) is 4.90 Å². The molecule has 3 heterocycles. The third-order valence-electron chi connectivity index (χ3n) is 6.53. The summed E-state index contributed by atoms with van der Waals surface area (Å²) in [5, 5.41) is 1.78. The number of alkyl halides is 1. The minimum atomic E-state index is -1.62. The van der Waals surface area contributed by atoms with Gasteiger partial charge in [0.05, 0.1) is 18.2 Å². The number of rotatable bonds is 4. The van der Waals surface area contributed by atoms with Gasteiger partial charge in [-0.25, -0.2) is 9.37 Å². The summed E-state index contributed by atoms with van der Waals surface area (Å²) >= 11 is 1.41. The predicted molar refractivity (Wildman–Crippen MR) is 99.4 cm³/mol. The molecule has 1 spiro atoms. The second-order valence-corrected chi connectivity index (χ2v) is 8.95. The third-order valence-corrected chi connectivity index (χ3v) is 7.11. The Kier molecular flexibility index (Phi) is 4.96. The molecule has 1 saturated carbocycles. The Morgan fingerprint density at radius 3 is 2.63 bits per heavy atom. The molecule has 27 heavy (non-hydrogen) atoms. The van der Waals surface area contributed by atoms with Crippen molar-refractivity contribution < 1.29 is 18.7 Å². The van der Waals surface area contributed by atoms with Crippen LogP contribution in [0.3, 0.4) is 0 Å². The van der Waals surface area contributed by atoms with Gasteiger partial charge >= 0.3 is 0 Å². The SMILES string of the molecule is COC[C@H]1CC2(CCN(C(=O)C3(F)CCC3)CC2)CN1C(=O)c1cscn1. The zero-order valence-electron chi connectivity index (χ0n) is 15.7. The van der Waals surface area contributed by atoms with Crippen LogP contribution >= 0.6 is 11.3 Å². The van der Waals surface area contributed by atoms with E-state index in [1.54, 1.807) is 22.9 Å². The fraction of sp³-hybridized carbons (Fsp3) is 0.737. The van der Waals surface area contributed by atoms with Crippen molar-refractivity contribution in [1.82, 2.24) is 14.8 Å². The van der Waals surface area contributed by atoms with Crippen molar-refractivity contribution >= 4 is 23.2 Å². The molecule has 3 aliphatic rings. The van der Waals surface area contributed by atoms with Crippen LogP contribution < -0.4 is 0 Å². The normalized spacial score (nSPS) is 26.2. The van der Waals surface area contributed by atoms with Crippen molar-refractivity contribution in [3.63, 3.8) is 0 Å². The van der Waals surface area contributed by atoms with Crippen LogP contribution in [-0.2, 0) is 9.53 Å². The van der Waals surface area contributed by atoms with Gasteiger partial charge in [0, 0.05) is 32.1 Å². The fourth-order valence-electron chi connectivity index (χ4n) is 4.74. The number of methoxy groups -OCH3 is 1. The van der Waals surface area contributed by atoms with E-state index in [9.17, 15) is 14.0 Å². The van der Waals surface area contributed by atoms with Crippen LogP contribution in [0.2, 0.25) is 0 Å². The zero-order chi connectivity index (χ0) is 19.1. The zero-order valence-corrected chi connectivity index (χ0v) is 16.5. The molecular weight excluding hydrogens is 369 g/mol. The van der Waals surface area contributed by atoms with Crippen molar-refractivity contribution in [1.29, 1.82) is 0 Å². The second kappa shape index (κ2) is 7.13. The maximum Gasteiger partial charge on any atom is 0.273 e. The van der Waals surface area contributed by atoms with Crippen LogP contribution in [0.25, 0.3) is 0 Å². The first-order chi connectivity index (χ1) is 13.0. The number of carbonyl (C=O) groups excluding carboxylic acids is 2. The molecule has 1 aromatic heterocycles. The minimum absolute atomic E-state index is 0.0191. The monoisotopic (exact) mass is 395 g/mol. The number of thiazole rings is 1. The molecular formula is C19H26FN3O3S. The fourth-order valence-corrected chi connectivity index (χ4v) is 5.27. The van der Waals surface area contributed by atoms with Crippen LogP contribution in [-0.4, -0.2) is 71.7 Å². The molecule has 1 atom stereocenters. The van der Waals surface area contributed by atoms with E-state index in [0.717, 1.165) is 25.7 Å². The highest BCUT2D eigenvalue weighted by Crippen LogP contribution is 2.45. The van der Waals surface area contributed by atoms with Crippen molar-refractivity contribution in [2.45, 2.75) is 50.2 Å². The standard InChI is InChI=1S/C19H26FN3O3S/c1-26-10-14-9-18(12-23(14)16(24)15-11-27-13-21-15)5-7-22(8-6-18)17(25)19(20)3-2-4-19/h11,13-14H,2-10,12H2,1H3/t14-/m1/s1. The largest absolute Gasteiger partial charge is 0.383 e. The van der Waals surface area contributed by atoms with Gasteiger partial charge in [-0.2, -0.15) is 0 Å². The van der Waals surface area contributed by atoms with E-state index in [2.05, 4.69) is 4.98 Å². The molecule has 0 bridgehead atoms. The van der Waals surface area contributed by atoms with Gasteiger partial charge in [-0.3, -0.25) is 9.59 Å². The van der Waals surface area contributed by atoms with Crippen molar-refractivity contribution in [2.24, 2.45) is 5.41 Å². The van der Waals surface area contributed by atoms with Gasteiger partial charge in [-0.05, 0) is 43.9 Å². The Balaban J connectivity index is 1.43. The highest BCUT2D eigenvalue weighted by Gasteiger charge is 2.51. The second-order valence-electron chi connectivity index (χ2n) is 8.23. The molecule has 1 aromatic rings. The average molecular weight is 396 g/mol. The molecule has 148 valence electrons. The number of hydrogen-bond acceptors (Lipinski definition) is 5. The lowest BCUT2D eigenvalue weighted by atomic mass is 9.75. The predicted octanol–water partition coefficient (Wildman–Crippen LogP) is 2.51. The minimum Gasteiger partial charge on any atom is -0.383 e. The first kappa shape index (κ1) is 18.8. The first-order valence-corrected chi connectivity index (χ1v) is 10.6. The summed E-state index contributed by atoms with van der Waals surface area (Å²) in [6, 6.07) is 0.0191. The number of likely N-dealkylation sites (tertiary alicyclic amines) is 2. The Bertz CT molecular complexity index is 699. The molecule has 0 radical (unpaired) electrons. The molecule has 2 aliphatic heterocycles. The first-order valence-electron chi connectivity index (χ1n) is 9.63. The van der Waals surface area contributed by atoms with Gasteiger partial charge in [0.15, 0.2) is 5.67 Å². The molecule has 0 N–H and O–H groups in total. The smallest absolute Gasteiger partial charge is 0.273 e. The highest BCUT2D eigenvalue weighted by atomic mass is 32.1. The molecule has 3 fully saturated rings. The van der Waals surface area contributed by atoms with E-state index in [-0.39, 0.29) is 23.3 Å². The van der Waals surface area contributed by atoms with Crippen molar-refractivity contribution in [2.75, 3.05) is 33.4 Å². The third kappa shape index (κ3) is 3.38. The van der Waals surface area contributed by atoms with Crippen LogP contribution in [0.1, 0.15) is 49.0 Å². The van der Waals surface area contributed by atoms with Crippen LogP contribution in [0.15, 0.2) is 10.9 Å². The highest BCUT2D eigenvalue weighted by molar-refractivity contribution is 7.07. The van der Waals surface area contributed by atoms with Crippen LogP contribution in [0, 0.1) is 5.41 Å². The number of nitrogens with zero attached hydrogens (tertiary/aromatic N) is 3. The number of amides is 2. The topological polar surface area (TPSA) is 62.7 Å². The maximum absolute atomic E-state index is 14.5. The molecule has 8 heteroatoms. The maximum atomic E-state index is 14.5. The van der Waals surface area contributed by atoms with Crippen LogP contribution in [0.4, 0.5) is 4.39 Å². The summed E-state index contributed by atoms with van der Waals surface area (Å²) in [6.07, 6.45) is 3.98. The van der Waals surface area contributed by atoms with Gasteiger partial charge < -0.3 is 14.5 Å². The van der Waals surface area contributed by atoms with Gasteiger partial charge in [-0.1, -0.05) is 0 Å². The van der Waals surface area contributed by atoms with E-state index >= 15 is 0 Å². The quantitative estimate of drug-likeness (QED) is 0.786. The summed E-state index contributed by atoms with van der Waals surface area (Å²) in [4.78, 5) is 33.1. The van der Waals surface area contributed by atoms with Crippen LogP contribution in [0.5, 0.6) is 0 Å². The lowest BCUT2D eigenvalue weighted by Crippen LogP contribution is -2.54. The van der Waals surface area contributed by atoms with Gasteiger partial charge in [0.1, 0.15) is 5.69 Å². The molecule has 6 nitrogen and oxygen atoms in total. The average Bonchev–Trinajstić information content (AvgIpc) is 3.29. The number of ether oxygens (including phenoxy) is 1. The molecule has 0 unspecified atom stereocenters. The molecule has 2 amide bonds. The number of carbonyl (C=O) groups is 2. The van der Waals surface area contributed by atoms with Gasteiger partial charge in [-0.15, -0.1) is 11.3 Å². The van der Waals surface area contributed by atoms with Gasteiger partial charge in [0.25, 0.3) is 11.8 Å². The summed E-state index contributed by atoms with van der Waals surface area (Å²) in [5.74, 6) is -0.378. The van der Waals surface area contributed by atoms with E-state index in [0.29, 0.717) is 44.8 Å². The molecule has 2 saturated heterocycles. The summed E-state index contributed by atoms with van der Waals surface area (Å²) < 4.78 is 19.8. The Morgan fingerprint density at radius 1 is 1.33 bits per heavy atom. The van der Waals surface area contributed by atoms with Crippen molar-refractivity contribution in [3.05, 3.63) is 16.6 Å². The summed E-state index contributed by atoms with van der Waals surface area (Å²) in [7, 11) is 1.65. The number of hydrogen-bond donors (Lipinski definition) is 0. The lowest BCUT2D eigenvalue weighted by Gasteiger charge is -2.43. The summed E-state index contributed by atoms with van der Waals surface area (Å²) in [6.45, 7) is 2.29. The number of piperidine rings is 1. The molecule has 4 rings (SSSR count). The van der Waals surface area contributed by atoms with Crippen molar-refractivity contribution in [3.8, 4) is 0 Å². The molecule has 0 aromatic carbocycles. The molecule has 1 aliphatic carbocycles. The number of aromatic nitrogens is 1.